The van der Waals surface area contributed by atoms with Crippen LogP contribution in [0.3, 0.4) is 0 Å². The van der Waals surface area contributed by atoms with E-state index in [1.807, 2.05) is 6.08 Å². The smallest absolute Gasteiger partial charge is 0.305 e. The van der Waals surface area contributed by atoms with Crippen molar-refractivity contribution in [2.75, 3.05) is 13.2 Å². The van der Waals surface area contributed by atoms with Crippen molar-refractivity contribution in [1.29, 1.82) is 0 Å². The third-order valence-electron chi connectivity index (χ3n) is 11.5. The fourth-order valence-corrected chi connectivity index (χ4v) is 7.55. The normalized spacial score (nSPS) is 13.1. The lowest BCUT2D eigenvalue weighted by Crippen LogP contribution is -2.45. The largest absolute Gasteiger partial charge is 0.466 e. The Labute approximate surface area is 372 Å². The highest BCUT2D eigenvalue weighted by atomic mass is 16.5. The van der Waals surface area contributed by atoms with Gasteiger partial charge in [-0.2, -0.15) is 0 Å². The van der Waals surface area contributed by atoms with Crippen molar-refractivity contribution in [2.45, 2.75) is 270 Å². The molecule has 0 aliphatic rings. The highest BCUT2D eigenvalue weighted by molar-refractivity contribution is 5.76. The summed E-state index contributed by atoms with van der Waals surface area (Å²) >= 11 is 0. The van der Waals surface area contributed by atoms with Gasteiger partial charge in [0.25, 0.3) is 0 Å². The molecule has 0 rings (SSSR count). The number of nitrogens with one attached hydrogen (secondary N) is 1. The Balaban J connectivity index is 3.59. The predicted octanol–water partition coefficient (Wildman–Crippen LogP) is 15.5. The molecule has 0 saturated heterocycles. The summed E-state index contributed by atoms with van der Waals surface area (Å²) in [4.78, 5) is 24.4. The summed E-state index contributed by atoms with van der Waals surface area (Å²) < 4.78 is 5.41. The van der Waals surface area contributed by atoms with E-state index in [0.717, 1.165) is 89.9 Å². The first kappa shape index (κ1) is 57.8. The van der Waals surface area contributed by atoms with Crippen molar-refractivity contribution >= 4 is 11.9 Å². The van der Waals surface area contributed by atoms with Gasteiger partial charge in [-0.3, -0.25) is 9.59 Å². The van der Waals surface area contributed by atoms with E-state index in [9.17, 15) is 19.8 Å². The van der Waals surface area contributed by atoms with Gasteiger partial charge < -0.3 is 20.3 Å². The molecule has 3 N–H and O–H groups in total. The number of ether oxygens (including phenoxy) is 1. The molecule has 6 nitrogen and oxygen atoms in total. The van der Waals surface area contributed by atoms with Crippen molar-refractivity contribution in [3.8, 4) is 0 Å². The Bertz CT molecular complexity index is 1020. The third-order valence-corrected chi connectivity index (χ3v) is 11.5. The third kappa shape index (κ3) is 45.3. The Hall–Kier alpha value is -2.18. The van der Waals surface area contributed by atoms with Gasteiger partial charge in [0.1, 0.15) is 0 Å². The van der Waals surface area contributed by atoms with Gasteiger partial charge in [0, 0.05) is 12.8 Å². The molecule has 1 amide bonds. The number of carbonyl (C=O) groups is 2. The number of aliphatic hydroxyl groups excluding tert-OH is 2. The summed E-state index contributed by atoms with van der Waals surface area (Å²) in [5.74, 6) is -0.159. The molecule has 0 heterocycles. The Morgan fingerprint density at radius 2 is 0.867 bits per heavy atom. The molecule has 350 valence electrons. The Morgan fingerprint density at radius 3 is 1.35 bits per heavy atom. The highest BCUT2D eigenvalue weighted by Crippen LogP contribution is 2.15. The highest BCUT2D eigenvalue weighted by Gasteiger charge is 2.18. The zero-order valence-corrected chi connectivity index (χ0v) is 39.7. The van der Waals surface area contributed by atoms with Gasteiger partial charge in [-0.05, 0) is 83.5 Å². The number of amides is 1. The molecule has 2 atom stereocenters. The second-order valence-corrected chi connectivity index (χ2v) is 17.5. The summed E-state index contributed by atoms with van der Waals surface area (Å²) in [7, 11) is 0. The van der Waals surface area contributed by atoms with Crippen LogP contribution in [0.4, 0.5) is 0 Å². The molecule has 0 radical (unpaired) electrons. The topological polar surface area (TPSA) is 95.9 Å². The zero-order chi connectivity index (χ0) is 43.7. The van der Waals surface area contributed by atoms with E-state index in [-0.39, 0.29) is 18.5 Å². The number of hydrogen-bond donors (Lipinski definition) is 3. The Kier molecular flexibility index (Phi) is 47.7. The SMILES string of the molecule is CCC/C=C\C/C=C\CCCCCCCC(=O)OCCCC/C=C\CCCCCCC(=O)NC(CO)C(O)/C=C/CCCCCCCCCCCCCCCCCCCC. The van der Waals surface area contributed by atoms with E-state index in [2.05, 4.69) is 55.6 Å². The summed E-state index contributed by atoms with van der Waals surface area (Å²) in [6.45, 7) is 4.74. The second-order valence-electron chi connectivity index (χ2n) is 17.5. The monoisotopic (exact) mass is 842 g/mol. The molecular weight excluding hydrogens is 743 g/mol. The first-order valence-electron chi connectivity index (χ1n) is 25.9. The Morgan fingerprint density at radius 1 is 0.467 bits per heavy atom. The fourth-order valence-electron chi connectivity index (χ4n) is 7.55. The van der Waals surface area contributed by atoms with Crippen LogP contribution in [0.5, 0.6) is 0 Å². The van der Waals surface area contributed by atoms with Gasteiger partial charge >= 0.3 is 5.97 Å². The van der Waals surface area contributed by atoms with Gasteiger partial charge in [0.05, 0.1) is 25.4 Å². The standard InChI is InChI=1S/C54H99NO5/c1-3-5-7-9-11-13-15-17-18-19-20-21-22-23-25-26-30-34-38-42-46-52(57)51(50-56)55-53(58)47-43-39-35-31-28-29-33-37-41-45-49-60-54(59)48-44-40-36-32-27-24-16-14-12-10-8-6-4-2/h8,10,14,16,29,33,42,46,51-52,56-57H,3-7,9,11-13,15,17-28,30-32,34-41,43-45,47-50H2,1-2H3,(H,55,58)/b10-8-,16-14-,33-29-,46-42+. The molecule has 0 aromatic heterocycles. The summed E-state index contributed by atoms with van der Waals surface area (Å²) in [6.07, 6.45) is 61.2. The number of hydrogen-bond acceptors (Lipinski definition) is 5. The molecule has 0 aromatic carbocycles. The number of rotatable bonds is 47. The van der Waals surface area contributed by atoms with Crippen LogP contribution in [-0.2, 0) is 14.3 Å². The average molecular weight is 842 g/mol. The second kappa shape index (κ2) is 49.5. The number of esters is 1. The van der Waals surface area contributed by atoms with Crippen molar-refractivity contribution in [2.24, 2.45) is 0 Å². The molecule has 0 spiro atoms. The lowest BCUT2D eigenvalue weighted by Gasteiger charge is -2.20. The van der Waals surface area contributed by atoms with Crippen LogP contribution in [0.2, 0.25) is 0 Å². The van der Waals surface area contributed by atoms with Gasteiger partial charge in [-0.1, -0.05) is 210 Å². The first-order valence-corrected chi connectivity index (χ1v) is 25.9. The maximum Gasteiger partial charge on any atom is 0.305 e. The van der Waals surface area contributed by atoms with Crippen LogP contribution >= 0.6 is 0 Å². The summed E-state index contributed by atoms with van der Waals surface area (Å²) in [5, 5.41) is 23.1. The first-order chi connectivity index (χ1) is 29.5. The molecule has 60 heavy (non-hydrogen) atoms. The summed E-state index contributed by atoms with van der Waals surface area (Å²) in [6, 6.07) is -0.655. The molecule has 0 saturated carbocycles. The maximum atomic E-state index is 12.4. The van der Waals surface area contributed by atoms with E-state index in [0.29, 0.717) is 19.4 Å². The molecule has 0 aliphatic carbocycles. The van der Waals surface area contributed by atoms with Gasteiger partial charge in [-0.25, -0.2) is 0 Å². The van der Waals surface area contributed by atoms with Crippen molar-refractivity contribution in [3.05, 3.63) is 48.6 Å². The van der Waals surface area contributed by atoms with Crippen molar-refractivity contribution in [3.63, 3.8) is 0 Å². The molecule has 2 unspecified atom stereocenters. The quantitative estimate of drug-likeness (QED) is 0.0322. The minimum absolute atomic E-state index is 0.0543. The minimum atomic E-state index is -0.868. The van der Waals surface area contributed by atoms with Crippen molar-refractivity contribution < 1.29 is 24.5 Å². The van der Waals surface area contributed by atoms with Crippen LogP contribution in [0.15, 0.2) is 48.6 Å². The van der Waals surface area contributed by atoms with Gasteiger partial charge in [-0.15, -0.1) is 0 Å². The number of allylic oxidation sites excluding steroid dienone is 7. The maximum absolute atomic E-state index is 12.4. The molecule has 0 aromatic rings. The van der Waals surface area contributed by atoms with E-state index in [4.69, 9.17) is 4.74 Å². The molecule has 0 bridgehead atoms. The van der Waals surface area contributed by atoms with Crippen LogP contribution in [0, 0.1) is 0 Å². The van der Waals surface area contributed by atoms with E-state index in [1.54, 1.807) is 6.08 Å². The fraction of sp³-hybridized carbons (Fsp3) is 0.815. The molecule has 0 aliphatic heterocycles. The lowest BCUT2D eigenvalue weighted by atomic mass is 10.0. The average Bonchev–Trinajstić information content (AvgIpc) is 3.25. The number of aliphatic hydroxyl groups is 2. The van der Waals surface area contributed by atoms with E-state index >= 15 is 0 Å². The zero-order valence-electron chi connectivity index (χ0n) is 39.7. The number of carbonyl (C=O) groups excluding carboxylic acids is 2. The minimum Gasteiger partial charge on any atom is -0.466 e. The van der Waals surface area contributed by atoms with Crippen LogP contribution in [-0.4, -0.2) is 47.4 Å². The van der Waals surface area contributed by atoms with Crippen LogP contribution in [0.1, 0.15) is 258 Å². The van der Waals surface area contributed by atoms with Crippen molar-refractivity contribution in [1.82, 2.24) is 5.32 Å². The van der Waals surface area contributed by atoms with Crippen LogP contribution in [0.25, 0.3) is 0 Å². The number of unbranched alkanes of at least 4 members (excludes halogenated alkanes) is 30. The van der Waals surface area contributed by atoms with E-state index < -0.39 is 12.1 Å². The molecular formula is C54H99NO5. The predicted molar refractivity (Wildman–Crippen MR) is 259 cm³/mol. The molecule has 6 heteroatoms. The van der Waals surface area contributed by atoms with E-state index in [1.165, 1.54) is 141 Å². The summed E-state index contributed by atoms with van der Waals surface area (Å²) in [5.41, 5.74) is 0. The van der Waals surface area contributed by atoms with Gasteiger partial charge in [0.15, 0.2) is 0 Å². The molecule has 0 fully saturated rings. The van der Waals surface area contributed by atoms with Gasteiger partial charge in [0.2, 0.25) is 5.91 Å². The van der Waals surface area contributed by atoms with Crippen LogP contribution < -0.4 is 5.32 Å². The lowest BCUT2D eigenvalue weighted by molar-refractivity contribution is -0.143.